The zero-order valence-electron chi connectivity index (χ0n) is 18.9. The van der Waals surface area contributed by atoms with Crippen molar-refractivity contribution in [2.75, 3.05) is 19.1 Å². The van der Waals surface area contributed by atoms with E-state index in [9.17, 15) is 18.8 Å². The number of benzene rings is 3. The summed E-state index contributed by atoms with van der Waals surface area (Å²) in [5.74, 6) is -0.790. The molecule has 1 heterocycles. The summed E-state index contributed by atoms with van der Waals surface area (Å²) in [6, 6.07) is 16.4. The van der Waals surface area contributed by atoms with Crippen molar-refractivity contribution >= 4 is 29.6 Å². The number of hydrogen-bond donors (Lipinski definition) is 1. The zero-order valence-corrected chi connectivity index (χ0v) is 18.9. The van der Waals surface area contributed by atoms with Crippen LogP contribution in [-0.4, -0.2) is 32.1 Å². The molecule has 0 saturated carbocycles. The number of barbiturate groups is 1. The molecule has 0 atom stereocenters. The second-order valence-corrected chi connectivity index (χ2v) is 7.45. The van der Waals surface area contributed by atoms with Crippen molar-refractivity contribution in [2.24, 2.45) is 0 Å². The van der Waals surface area contributed by atoms with Gasteiger partial charge in [0.25, 0.3) is 11.8 Å². The summed E-state index contributed by atoms with van der Waals surface area (Å²) < 4.78 is 30.1. The van der Waals surface area contributed by atoms with Crippen LogP contribution in [0.4, 0.5) is 14.9 Å². The standard InChI is InChI=1S/C26H21FN2O6/c1-33-19-10-8-18(9-11-19)29-25(31)20(24(30)28-26(29)32)13-16-7-12-22(34-2)23(14-16)35-15-17-5-3-4-6-21(17)27/h3-14H,15H2,1-2H3,(H,28,30,32). The van der Waals surface area contributed by atoms with Gasteiger partial charge >= 0.3 is 6.03 Å². The molecule has 3 aromatic rings. The number of imide groups is 2. The Labute approximate surface area is 200 Å². The SMILES string of the molecule is COc1ccc(N2C(=O)NC(=O)C(=Cc3ccc(OC)c(OCc4ccccc4F)c3)C2=O)cc1. The largest absolute Gasteiger partial charge is 0.497 e. The summed E-state index contributed by atoms with van der Waals surface area (Å²) in [7, 11) is 2.95. The van der Waals surface area contributed by atoms with Crippen molar-refractivity contribution in [1.82, 2.24) is 5.32 Å². The average molecular weight is 476 g/mol. The number of nitrogens with one attached hydrogen (secondary N) is 1. The summed E-state index contributed by atoms with van der Waals surface area (Å²) in [6.07, 6.45) is 1.34. The molecule has 178 valence electrons. The second-order valence-electron chi connectivity index (χ2n) is 7.45. The van der Waals surface area contributed by atoms with Crippen molar-refractivity contribution in [2.45, 2.75) is 6.61 Å². The highest BCUT2D eigenvalue weighted by molar-refractivity contribution is 6.39. The Morgan fingerprint density at radius 1 is 0.914 bits per heavy atom. The summed E-state index contributed by atoms with van der Waals surface area (Å²) in [4.78, 5) is 38.9. The molecule has 4 amide bonds. The van der Waals surface area contributed by atoms with E-state index in [0.29, 0.717) is 22.6 Å². The van der Waals surface area contributed by atoms with Crippen LogP contribution < -0.4 is 24.4 Å². The number of ether oxygens (including phenoxy) is 3. The highest BCUT2D eigenvalue weighted by atomic mass is 19.1. The maximum Gasteiger partial charge on any atom is 0.335 e. The summed E-state index contributed by atoms with van der Waals surface area (Å²) >= 11 is 0. The predicted molar refractivity (Wildman–Crippen MR) is 126 cm³/mol. The number of rotatable bonds is 7. The molecule has 3 aromatic carbocycles. The molecule has 9 heteroatoms. The smallest absolute Gasteiger partial charge is 0.335 e. The molecule has 1 fully saturated rings. The van der Waals surface area contributed by atoms with Gasteiger partial charge in [-0.05, 0) is 54.1 Å². The third kappa shape index (κ3) is 4.98. The van der Waals surface area contributed by atoms with Gasteiger partial charge in [0.2, 0.25) is 0 Å². The van der Waals surface area contributed by atoms with E-state index in [1.54, 1.807) is 48.5 Å². The second kappa shape index (κ2) is 10.1. The highest BCUT2D eigenvalue weighted by Crippen LogP contribution is 2.31. The number of carbonyl (C=O) groups is 3. The number of hydrogen-bond acceptors (Lipinski definition) is 6. The quantitative estimate of drug-likeness (QED) is 0.408. The fourth-order valence-electron chi connectivity index (χ4n) is 3.46. The van der Waals surface area contributed by atoms with E-state index >= 15 is 0 Å². The number of methoxy groups -OCH3 is 2. The Morgan fingerprint density at radius 2 is 1.66 bits per heavy atom. The van der Waals surface area contributed by atoms with E-state index < -0.39 is 23.7 Å². The van der Waals surface area contributed by atoms with Crippen LogP contribution in [0.5, 0.6) is 17.2 Å². The van der Waals surface area contributed by atoms with Gasteiger partial charge < -0.3 is 14.2 Å². The van der Waals surface area contributed by atoms with Crippen LogP contribution in [0.1, 0.15) is 11.1 Å². The van der Waals surface area contributed by atoms with E-state index in [0.717, 1.165) is 4.90 Å². The van der Waals surface area contributed by atoms with Gasteiger partial charge in [-0.3, -0.25) is 14.9 Å². The lowest BCUT2D eigenvalue weighted by atomic mass is 10.1. The van der Waals surface area contributed by atoms with Gasteiger partial charge in [-0.25, -0.2) is 14.1 Å². The van der Waals surface area contributed by atoms with Crippen LogP contribution >= 0.6 is 0 Å². The summed E-state index contributed by atoms with van der Waals surface area (Å²) in [5, 5.41) is 2.18. The van der Waals surface area contributed by atoms with Crippen LogP contribution in [-0.2, 0) is 16.2 Å². The monoisotopic (exact) mass is 476 g/mol. The lowest BCUT2D eigenvalue weighted by Gasteiger charge is -2.26. The molecule has 1 saturated heterocycles. The van der Waals surface area contributed by atoms with Crippen molar-refractivity contribution in [3.8, 4) is 17.2 Å². The highest BCUT2D eigenvalue weighted by Gasteiger charge is 2.36. The minimum atomic E-state index is -0.856. The lowest BCUT2D eigenvalue weighted by Crippen LogP contribution is -2.54. The first-order valence-electron chi connectivity index (χ1n) is 10.5. The number of anilines is 1. The number of nitrogens with zero attached hydrogens (tertiary/aromatic N) is 1. The molecule has 0 radical (unpaired) electrons. The molecule has 8 nitrogen and oxygen atoms in total. The van der Waals surface area contributed by atoms with E-state index in [1.807, 2.05) is 0 Å². The lowest BCUT2D eigenvalue weighted by molar-refractivity contribution is -0.122. The number of halogens is 1. The van der Waals surface area contributed by atoms with Gasteiger partial charge in [0.05, 0.1) is 19.9 Å². The molecule has 0 aromatic heterocycles. The molecule has 1 aliphatic heterocycles. The van der Waals surface area contributed by atoms with Gasteiger partial charge in [-0.2, -0.15) is 0 Å². The molecule has 1 N–H and O–H groups in total. The van der Waals surface area contributed by atoms with Crippen molar-refractivity contribution in [3.63, 3.8) is 0 Å². The fraction of sp³-hybridized carbons (Fsp3) is 0.115. The Hall–Kier alpha value is -4.66. The van der Waals surface area contributed by atoms with Crippen molar-refractivity contribution in [3.05, 3.63) is 89.2 Å². The first kappa shape index (κ1) is 23.5. The maximum absolute atomic E-state index is 14.0. The Kier molecular flexibility index (Phi) is 6.77. The van der Waals surface area contributed by atoms with E-state index in [2.05, 4.69) is 5.32 Å². The van der Waals surface area contributed by atoms with Gasteiger partial charge in [-0.1, -0.05) is 24.3 Å². The number of urea groups is 1. The first-order chi connectivity index (χ1) is 16.9. The van der Waals surface area contributed by atoms with E-state index in [4.69, 9.17) is 14.2 Å². The Morgan fingerprint density at radius 3 is 2.34 bits per heavy atom. The van der Waals surface area contributed by atoms with Crippen molar-refractivity contribution in [1.29, 1.82) is 0 Å². The fourth-order valence-corrected chi connectivity index (χ4v) is 3.46. The third-order valence-electron chi connectivity index (χ3n) is 5.27. The summed E-state index contributed by atoms with van der Waals surface area (Å²) in [5.41, 5.74) is 0.826. The van der Waals surface area contributed by atoms with Crippen LogP contribution in [0.15, 0.2) is 72.3 Å². The Balaban J connectivity index is 1.63. The maximum atomic E-state index is 14.0. The molecular weight excluding hydrogens is 455 g/mol. The van der Waals surface area contributed by atoms with Gasteiger partial charge in [0.15, 0.2) is 11.5 Å². The third-order valence-corrected chi connectivity index (χ3v) is 5.27. The Bertz CT molecular complexity index is 1320. The normalized spacial score (nSPS) is 14.7. The number of carbonyl (C=O) groups excluding carboxylic acids is 3. The van der Waals surface area contributed by atoms with Crippen LogP contribution in [0.3, 0.4) is 0 Å². The minimum absolute atomic E-state index is 0.0533. The minimum Gasteiger partial charge on any atom is -0.497 e. The zero-order chi connectivity index (χ0) is 24.9. The molecule has 0 spiro atoms. The molecule has 1 aliphatic rings. The van der Waals surface area contributed by atoms with E-state index in [1.165, 1.54) is 38.5 Å². The van der Waals surface area contributed by atoms with Gasteiger partial charge in [0, 0.05) is 5.56 Å². The van der Waals surface area contributed by atoms with Crippen LogP contribution in [0.2, 0.25) is 0 Å². The molecule has 0 aliphatic carbocycles. The number of amides is 4. The molecule has 0 unspecified atom stereocenters. The molecular formula is C26H21FN2O6. The predicted octanol–water partition coefficient (Wildman–Crippen LogP) is 4.09. The molecule has 0 bridgehead atoms. The van der Waals surface area contributed by atoms with Crippen molar-refractivity contribution < 1.29 is 33.0 Å². The van der Waals surface area contributed by atoms with Crippen LogP contribution in [0, 0.1) is 5.82 Å². The van der Waals surface area contributed by atoms with Crippen LogP contribution in [0.25, 0.3) is 6.08 Å². The average Bonchev–Trinajstić information content (AvgIpc) is 2.86. The van der Waals surface area contributed by atoms with Gasteiger partial charge in [0.1, 0.15) is 23.7 Å². The summed E-state index contributed by atoms with van der Waals surface area (Å²) in [6.45, 7) is -0.0533. The topological polar surface area (TPSA) is 94.2 Å². The van der Waals surface area contributed by atoms with Gasteiger partial charge in [-0.15, -0.1) is 0 Å². The molecule has 4 rings (SSSR count). The first-order valence-corrected chi connectivity index (χ1v) is 10.5. The van der Waals surface area contributed by atoms with E-state index in [-0.39, 0.29) is 23.6 Å². The molecule has 35 heavy (non-hydrogen) atoms.